The summed E-state index contributed by atoms with van der Waals surface area (Å²) in [5, 5.41) is 16.5. The van der Waals surface area contributed by atoms with Gasteiger partial charge in [-0.2, -0.15) is 5.10 Å². The van der Waals surface area contributed by atoms with Gasteiger partial charge in [-0.25, -0.2) is 10.2 Å². The second-order valence-electron chi connectivity index (χ2n) is 8.40. The first-order valence-corrected chi connectivity index (χ1v) is 12.0. The van der Waals surface area contributed by atoms with Crippen molar-refractivity contribution < 1.29 is 33.5 Å². The first-order chi connectivity index (χ1) is 19.3. The van der Waals surface area contributed by atoms with Crippen LogP contribution in [0.25, 0.3) is 10.8 Å². The third kappa shape index (κ3) is 6.33. The molecule has 4 aromatic carbocycles. The number of fused-ring (bicyclic) bond motifs is 1. The number of hydrogen-bond donors (Lipinski definition) is 1. The number of nitro groups is 1. The summed E-state index contributed by atoms with van der Waals surface area (Å²) in [6, 6.07) is 20.9. The maximum absolute atomic E-state index is 13.0. The van der Waals surface area contributed by atoms with E-state index < -0.39 is 22.9 Å². The Morgan fingerprint density at radius 2 is 1.62 bits per heavy atom. The third-order valence-corrected chi connectivity index (χ3v) is 5.85. The molecule has 11 heteroatoms. The van der Waals surface area contributed by atoms with E-state index in [4.69, 9.17) is 18.9 Å². The number of nitrogens with zero attached hydrogens (tertiary/aromatic N) is 2. The summed E-state index contributed by atoms with van der Waals surface area (Å²) in [6.07, 6.45) is 0.434. The molecular weight excluding hydrogens is 518 g/mol. The van der Waals surface area contributed by atoms with Gasteiger partial charge in [-0.15, -0.1) is 0 Å². The van der Waals surface area contributed by atoms with E-state index in [1.165, 1.54) is 57.7 Å². The van der Waals surface area contributed by atoms with Gasteiger partial charge in [0.05, 0.1) is 30.9 Å². The molecular formula is C29H25N3O8. The predicted molar refractivity (Wildman–Crippen MR) is 147 cm³/mol. The number of ether oxygens (including phenoxy) is 4. The fraction of sp³-hybridized carbons (Fsp3) is 0.138. The maximum Gasteiger partial charge on any atom is 0.343 e. The minimum Gasteiger partial charge on any atom is -0.493 e. The van der Waals surface area contributed by atoms with Gasteiger partial charge in [-0.1, -0.05) is 30.3 Å². The van der Waals surface area contributed by atoms with Crippen LogP contribution in [0.2, 0.25) is 0 Å². The number of hydrogen-bond acceptors (Lipinski definition) is 9. The lowest BCUT2D eigenvalue weighted by atomic mass is 10.0. The number of esters is 1. The molecule has 0 fully saturated rings. The monoisotopic (exact) mass is 543 g/mol. The van der Waals surface area contributed by atoms with E-state index >= 15 is 0 Å². The molecule has 0 radical (unpaired) electrons. The van der Waals surface area contributed by atoms with E-state index in [0.717, 1.165) is 10.8 Å². The zero-order valence-corrected chi connectivity index (χ0v) is 21.8. The van der Waals surface area contributed by atoms with Crippen LogP contribution in [0.3, 0.4) is 0 Å². The Morgan fingerprint density at radius 3 is 2.33 bits per heavy atom. The van der Waals surface area contributed by atoms with Gasteiger partial charge in [0, 0.05) is 17.7 Å². The molecule has 0 saturated carbocycles. The summed E-state index contributed by atoms with van der Waals surface area (Å²) in [4.78, 5) is 35.8. The molecule has 1 N–H and O–H groups in total. The summed E-state index contributed by atoms with van der Waals surface area (Å²) in [7, 11) is 2.97. The van der Waals surface area contributed by atoms with Crippen LogP contribution in [-0.4, -0.2) is 43.3 Å². The molecule has 0 aromatic heterocycles. The zero-order valence-electron chi connectivity index (χ0n) is 21.8. The van der Waals surface area contributed by atoms with Crippen molar-refractivity contribution in [2.24, 2.45) is 5.10 Å². The first kappa shape index (κ1) is 27.6. The maximum atomic E-state index is 13.0. The predicted octanol–water partition coefficient (Wildman–Crippen LogP) is 4.90. The highest BCUT2D eigenvalue weighted by Gasteiger charge is 2.17. The first-order valence-electron chi connectivity index (χ1n) is 12.0. The van der Waals surface area contributed by atoms with Crippen molar-refractivity contribution in [3.05, 3.63) is 100 Å². The molecule has 4 aromatic rings. The van der Waals surface area contributed by atoms with E-state index in [-0.39, 0.29) is 22.7 Å². The number of non-ortho nitro benzene ring substituents is 1. The highest BCUT2D eigenvalue weighted by atomic mass is 16.6. The molecule has 0 aliphatic rings. The Kier molecular flexibility index (Phi) is 8.55. The van der Waals surface area contributed by atoms with Crippen molar-refractivity contribution >= 4 is 34.6 Å². The summed E-state index contributed by atoms with van der Waals surface area (Å²) in [5.41, 5.74) is 3.04. The van der Waals surface area contributed by atoms with Crippen LogP contribution in [0.5, 0.6) is 23.0 Å². The van der Waals surface area contributed by atoms with Crippen LogP contribution in [0.15, 0.2) is 84.0 Å². The Hall–Kier alpha value is -5.45. The largest absolute Gasteiger partial charge is 0.493 e. The quantitative estimate of drug-likeness (QED) is 0.0980. The van der Waals surface area contributed by atoms with E-state index in [2.05, 4.69) is 10.5 Å². The van der Waals surface area contributed by atoms with Gasteiger partial charge in [0.1, 0.15) is 11.5 Å². The molecule has 0 bridgehead atoms. The number of methoxy groups -OCH3 is 2. The highest BCUT2D eigenvalue weighted by molar-refractivity contribution is 6.04. The van der Waals surface area contributed by atoms with Gasteiger partial charge in [-0.3, -0.25) is 14.9 Å². The summed E-state index contributed by atoms with van der Waals surface area (Å²) in [5.74, 6) is 0.186. The lowest BCUT2D eigenvalue weighted by Crippen LogP contribution is -2.33. The van der Waals surface area contributed by atoms with Crippen molar-refractivity contribution in [2.75, 3.05) is 14.2 Å². The summed E-state index contributed by atoms with van der Waals surface area (Å²) >= 11 is 0. The SMILES string of the molecule is COc1ccc(C(=O)Oc2ccc3ccccc3c2/C=N\NC(=O)[C@@H](C)Oc2ccc([N+](=O)[O-])cc2)cc1OC. The van der Waals surface area contributed by atoms with Crippen molar-refractivity contribution in [3.8, 4) is 23.0 Å². The van der Waals surface area contributed by atoms with Crippen LogP contribution in [0.1, 0.15) is 22.8 Å². The summed E-state index contributed by atoms with van der Waals surface area (Å²) < 4.78 is 21.8. The zero-order chi connectivity index (χ0) is 28.6. The average Bonchev–Trinajstić information content (AvgIpc) is 2.97. The van der Waals surface area contributed by atoms with Gasteiger partial charge >= 0.3 is 5.97 Å². The van der Waals surface area contributed by atoms with Crippen LogP contribution in [0, 0.1) is 10.1 Å². The molecule has 1 amide bonds. The van der Waals surface area contributed by atoms with E-state index in [0.29, 0.717) is 17.1 Å². The van der Waals surface area contributed by atoms with Crippen molar-refractivity contribution in [1.29, 1.82) is 0 Å². The lowest BCUT2D eigenvalue weighted by Gasteiger charge is -2.13. The molecule has 204 valence electrons. The van der Waals surface area contributed by atoms with E-state index in [1.807, 2.05) is 30.3 Å². The summed E-state index contributed by atoms with van der Waals surface area (Å²) in [6.45, 7) is 1.51. The Labute approximate surface area is 229 Å². The Bertz CT molecular complexity index is 1580. The Morgan fingerprint density at radius 1 is 0.925 bits per heavy atom. The normalized spacial score (nSPS) is 11.6. The van der Waals surface area contributed by atoms with Gasteiger partial charge in [0.15, 0.2) is 17.6 Å². The Balaban J connectivity index is 1.52. The molecule has 0 aliphatic carbocycles. The standard InChI is InChI=1S/C29H25N3O8/c1-18(39-22-12-10-21(11-13-22)32(35)36)28(33)31-30-17-24-23-7-5-4-6-19(23)8-14-25(24)40-29(34)20-9-15-26(37-2)27(16-20)38-3/h4-18H,1-3H3,(H,31,33)/b30-17-/t18-/m1/s1. The number of carbonyl (C=O) groups is 2. The van der Waals surface area contributed by atoms with E-state index in [9.17, 15) is 19.7 Å². The number of nitrogens with one attached hydrogen (secondary N) is 1. The minimum absolute atomic E-state index is 0.0909. The molecule has 0 unspecified atom stereocenters. The molecule has 40 heavy (non-hydrogen) atoms. The van der Waals surface area contributed by atoms with Crippen molar-refractivity contribution in [3.63, 3.8) is 0 Å². The fourth-order valence-electron chi connectivity index (χ4n) is 3.78. The highest BCUT2D eigenvalue weighted by Crippen LogP contribution is 2.30. The minimum atomic E-state index is -0.950. The average molecular weight is 544 g/mol. The number of nitro benzene ring substituents is 1. The number of carbonyl (C=O) groups excluding carboxylic acids is 2. The third-order valence-electron chi connectivity index (χ3n) is 5.85. The van der Waals surface area contributed by atoms with Crippen molar-refractivity contribution in [2.45, 2.75) is 13.0 Å². The number of hydrazone groups is 1. The van der Waals surface area contributed by atoms with Gasteiger partial charge in [0.2, 0.25) is 0 Å². The molecule has 0 saturated heterocycles. The fourth-order valence-corrected chi connectivity index (χ4v) is 3.78. The number of amides is 1. The van der Waals surface area contributed by atoms with Gasteiger partial charge in [-0.05, 0) is 54.1 Å². The topological polar surface area (TPSA) is 139 Å². The molecule has 0 aliphatic heterocycles. The van der Waals surface area contributed by atoms with Crippen LogP contribution >= 0.6 is 0 Å². The lowest BCUT2D eigenvalue weighted by molar-refractivity contribution is -0.384. The molecule has 1 atom stereocenters. The number of benzene rings is 4. The smallest absolute Gasteiger partial charge is 0.343 e. The van der Waals surface area contributed by atoms with E-state index in [1.54, 1.807) is 18.2 Å². The molecule has 4 rings (SSSR count). The molecule has 0 heterocycles. The van der Waals surface area contributed by atoms with Crippen LogP contribution < -0.4 is 24.4 Å². The van der Waals surface area contributed by atoms with Crippen molar-refractivity contribution in [1.82, 2.24) is 5.43 Å². The van der Waals surface area contributed by atoms with Gasteiger partial charge < -0.3 is 18.9 Å². The van der Waals surface area contributed by atoms with Crippen LogP contribution in [-0.2, 0) is 4.79 Å². The number of rotatable bonds is 10. The second-order valence-corrected chi connectivity index (χ2v) is 8.40. The second kappa shape index (κ2) is 12.4. The van der Waals surface area contributed by atoms with Crippen LogP contribution in [0.4, 0.5) is 5.69 Å². The molecule has 11 nitrogen and oxygen atoms in total. The van der Waals surface area contributed by atoms with Gasteiger partial charge in [0.25, 0.3) is 11.6 Å². The molecule has 0 spiro atoms.